The van der Waals surface area contributed by atoms with E-state index in [0.717, 1.165) is 0 Å². The van der Waals surface area contributed by atoms with Gasteiger partial charge in [0.1, 0.15) is 0 Å². The minimum atomic E-state index is 0.292. The number of imidazole rings is 1. The van der Waals surface area contributed by atoms with Crippen molar-refractivity contribution >= 4 is 0 Å². The lowest BCUT2D eigenvalue weighted by molar-refractivity contribution is 0.156. The van der Waals surface area contributed by atoms with E-state index in [1.165, 1.54) is 44.2 Å². The third kappa shape index (κ3) is 2.93. The molecule has 1 aromatic heterocycles. The van der Waals surface area contributed by atoms with Crippen LogP contribution in [0.15, 0.2) is 12.5 Å². The number of nitrogens with zero attached hydrogens (tertiary/aromatic N) is 3. The SMILES string of the molecule is CN(C1CCCCCC1)C(CN)c1cncn1C. The lowest BCUT2D eigenvalue weighted by Crippen LogP contribution is -2.39. The molecule has 102 valence electrons. The number of hydrogen-bond acceptors (Lipinski definition) is 3. The van der Waals surface area contributed by atoms with E-state index in [-0.39, 0.29) is 0 Å². The number of hydrogen-bond donors (Lipinski definition) is 1. The quantitative estimate of drug-likeness (QED) is 0.832. The van der Waals surface area contributed by atoms with Crippen LogP contribution >= 0.6 is 0 Å². The topological polar surface area (TPSA) is 47.1 Å². The number of aryl methyl sites for hydroxylation is 1. The van der Waals surface area contributed by atoms with Gasteiger partial charge < -0.3 is 10.3 Å². The van der Waals surface area contributed by atoms with Crippen molar-refractivity contribution in [3.05, 3.63) is 18.2 Å². The second-order valence-electron chi connectivity index (χ2n) is 5.49. The molecule has 0 aromatic carbocycles. The molecule has 0 radical (unpaired) electrons. The smallest absolute Gasteiger partial charge is 0.0946 e. The Bertz CT molecular complexity index is 352. The molecule has 0 spiro atoms. The van der Waals surface area contributed by atoms with Crippen molar-refractivity contribution in [2.45, 2.75) is 50.6 Å². The Balaban J connectivity index is 2.09. The predicted octanol–water partition coefficient (Wildman–Crippen LogP) is 2.07. The third-order valence-corrected chi connectivity index (χ3v) is 4.31. The Hall–Kier alpha value is -0.870. The van der Waals surface area contributed by atoms with Crippen LogP contribution in [0, 0.1) is 0 Å². The Kier molecular flexibility index (Phi) is 4.78. The van der Waals surface area contributed by atoms with Gasteiger partial charge in [0.05, 0.1) is 18.1 Å². The highest BCUT2D eigenvalue weighted by molar-refractivity contribution is 5.06. The van der Waals surface area contributed by atoms with Crippen molar-refractivity contribution in [3.63, 3.8) is 0 Å². The molecule has 0 bridgehead atoms. The van der Waals surface area contributed by atoms with Crippen molar-refractivity contribution in [1.29, 1.82) is 0 Å². The first-order valence-corrected chi connectivity index (χ1v) is 7.12. The summed E-state index contributed by atoms with van der Waals surface area (Å²) >= 11 is 0. The van der Waals surface area contributed by atoms with E-state index >= 15 is 0 Å². The van der Waals surface area contributed by atoms with Crippen LogP contribution in [0.3, 0.4) is 0 Å². The largest absolute Gasteiger partial charge is 0.336 e. The monoisotopic (exact) mass is 250 g/mol. The van der Waals surface area contributed by atoms with Crippen LogP contribution in [0.25, 0.3) is 0 Å². The van der Waals surface area contributed by atoms with E-state index in [9.17, 15) is 0 Å². The highest BCUT2D eigenvalue weighted by Crippen LogP contribution is 2.27. The van der Waals surface area contributed by atoms with Crippen molar-refractivity contribution in [3.8, 4) is 0 Å². The Morgan fingerprint density at radius 3 is 2.56 bits per heavy atom. The molecular formula is C14H26N4. The third-order valence-electron chi connectivity index (χ3n) is 4.31. The van der Waals surface area contributed by atoms with Crippen LogP contribution in [-0.4, -0.2) is 34.1 Å². The van der Waals surface area contributed by atoms with Gasteiger partial charge in [0.25, 0.3) is 0 Å². The molecule has 2 N–H and O–H groups in total. The first-order chi connectivity index (χ1) is 8.74. The van der Waals surface area contributed by atoms with E-state index < -0.39 is 0 Å². The minimum absolute atomic E-state index is 0.292. The number of rotatable bonds is 4. The van der Waals surface area contributed by atoms with Crippen molar-refractivity contribution in [2.75, 3.05) is 13.6 Å². The van der Waals surface area contributed by atoms with Crippen LogP contribution in [0.1, 0.15) is 50.3 Å². The molecule has 4 nitrogen and oxygen atoms in total. The summed E-state index contributed by atoms with van der Waals surface area (Å²) in [5.41, 5.74) is 7.22. The Morgan fingerprint density at radius 1 is 1.39 bits per heavy atom. The van der Waals surface area contributed by atoms with Gasteiger partial charge in [-0.15, -0.1) is 0 Å². The molecule has 1 unspecified atom stereocenters. The van der Waals surface area contributed by atoms with Gasteiger partial charge in [-0.1, -0.05) is 25.7 Å². The molecule has 1 saturated carbocycles. The van der Waals surface area contributed by atoms with Gasteiger partial charge in [-0.05, 0) is 19.9 Å². The molecule has 1 heterocycles. The summed E-state index contributed by atoms with van der Waals surface area (Å²) in [5.74, 6) is 0. The summed E-state index contributed by atoms with van der Waals surface area (Å²) in [7, 11) is 4.27. The van der Waals surface area contributed by atoms with Gasteiger partial charge in [0.2, 0.25) is 0 Å². The zero-order chi connectivity index (χ0) is 13.0. The normalized spacial score (nSPS) is 20.0. The predicted molar refractivity (Wildman–Crippen MR) is 74.3 cm³/mol. The summed E-state index contributed by atoms with van der Waals surface area (Å²) in [5, 5.41) is 0. The summed E-state index contributed by atoms with van der Waals surface area (Å²) < 4.78 is 2.09. The van der Waals surface area contributed by atoms with Crippen LogP contribution < -0.4 is 5.73 Å². The molecule has 4 heteroatoms. The van der Waals surface area contributed by atoms with Crippen molar-refractivity contribution < 1.29 is 0 Å². The minimum Gasteiger partial charge on any atom is -0.336 e. The molecule has 1 aliphatic carbocycles. The first kappa shape index (κ1) is 13.6. The van der Waals surface area contributed by atoms with E-state index in [2.05, 4.69) is 21.5 Å². The fourth-order valence-corrected chi connectivity index (χ4v) is 3.10. The zero-order valence-corrected chi connectivity index (χ0v) is 11.7. The van der Waals surface area contributed by atoms with Gasteiger partial charge >= 0.3 is 0 Å². The summed E-state index contributed by atoms with van der Waals surface area (Å²) in [4.78, 5) is 6.69. The average Bonchev–Trinajstić information content (AvgIpc) is 2.66. The molecule has 1 fully saturated rings. The van der Waals surface area contributed by atoms with Gasteiger partial charge in [-0.2, -0.15) is 0 Å². The van der Waals surface area contributed by atoms with Crippen LogP contribution in [0.5, 0.6) is 0 Å². The van der Waals surface area contributed by atoms with E-state index in [1.807, 2.05) is 19.6 Å². The van der Waals surface area contributed by atoms with Crippen molar-refractivity contribution in [2.24, 2.45) is 12.8 Å². The van der Waals surface area contributed by atoms with E-state index in [1.54, 1.807) is 0 Å². The van der Waals surface area contributed by atoms with Gasteiger partial charge in [-0.3, -0.25) is 4.90 Å². The second-order valence-corrected chi connectivity index (χ2v) is 5.49. The highest BCUT2D eigenvalue weighted by Gasteiger charge is 2.25. The number of aromatic nitrogens is 2. The molecule has 0 amide bonds. The number of likely N-dealkylation sites (N-methyl/N-ethyl adjacent to an activating group) is 1. The van der Waals surface area contributed by atoms with Gasteiger partial charge in [0.15, 0.2) is 0 Å². The molecule has 1 aliphatic rings. The molecule has 0 saturated heterocycles. The fraction of sp³-hybridized carbons (Fsp3) is 0.786. The van der Waals surface area contributed by atoms with Crippen LogP contribution in [-0.2, 0) is 7.05 Å². The maximum atomic E-state index is 6.00. The molecule has 0 aliphatic heterocycles. The fourth-order valence-electron chi connectivity index (χ4n) is 3.10. The van der Waals surface area contributed by atoms with Crippen molar-refractivity contribution in [1.82, 2.24) is 14.5 Å². The molecule has 18 heavy (non-hydrogen) atoms. The van der Waals surface area contributed by atoms with Crippen LogP contribution in [0.4, 0.5) is 0 Å². The maximum Gasteiger partial charge on any atom is 0.0946 e. The molecule has 1 aromatic rings. The average molecular weight is 250 g/mol. The summed E-state index contributed by atoms with van der Waals surface area (Å²) in [6, 6.07) is 0.969. The summed E-state index contributed by atoms with van der Waals surface area (Å²) in [6.45, 7) is 0.659. The van der Waals surface area contributed by atoms with E-state index in [4.69, 9.17) is 5.73 Å². The lowest BCUT2D eigenvalue weighted by Gasteiger charge is -2.34. The Labute approximate surface area is 110 Å². The number of nitrogens with two attached hydrogens (primary N) is 1. The van der Waals surface area contributed by atoms with Gasteiger partial charge in [0, 0.05) is 25.8 Å². The maximum absolute atomic E-state index is 6.00. The lowest BCUT2D eigenvalue weighted by atomic mass is 10.0. The Morgan fingerprint density at radius 2 is 2.06 bits per heavy atom. The standard InChI is InChI=1S/C14H26N4/c1-17-11-16-10-14(17)13(9-15)18(2)12-7-5-3-4-6-8-12/h10-13H,3-9,15H2,1-2H3. The van der Waals surface area contributed by atoms with E-state index in [0.29, 0.717) is 18.6 Å². The molecule has 2 rings (SSSR count). The molecular weight excluding hydrogens is 224 g/mol. The van der Waals surface area contributed by atoms with Gasteiger partial charge in [-0.25, -0.2) is 4.98 Å². The highest BCUT2D eigenvalue weighted by atomic mass is 15.2. The first-order valence-electron chi connectivity index (χ1n) is 7.12. The summed E-state index contributed by atoms with van der Waals surface area (Å²) in [6.07, 6.45) is 11.9. The zero-order valence-electron chi connectivity index (χ0n) is 11.7. The molecule has 1 atom stereocenters. The van der Waals surface area contributed by atoms with Crippen LogP contribution in [0.2, 0.25) is 0 Å². The second kappa shape index (κ2) is 6.34.